The van der Waals surface area contributed by atoms with Crippen LogP contribution in [0.3, 0.4) is 0 Å². The lowest BCUT2D eigenvalue weighted by Crippen LogP contribution is -2.25. The van der Waals surface area contributed by atoms with Crippen LogP contribution in [-0.2, 0) is 0 Å². The van der Waals surface area contributed by atoms with E-state index in [-0.39, 0.29) is 17.7 Å². The fourth-order valence-corrected chi connectivity index (χ4v) is 2.96. The number of hydrogen-bond donors (Lipinski definition) is 1. The molecular formula is C16H23F2N. The van der Waals surface area contributed by atoms with Gasteiger partial charge in [-0.3, -0.25) is 0 Å². The summed E-state index contributed by atoms with van der Waals surface area (Å²) in [5.74, 6) is 0.824. The number of halogens is 2. The van der Waals surface area contributed by atoms with Gasteiger partial charge in [0.25, 0.3) is 0 Å². The van der Waals surface area contributed by atoms with Crippen molar-refractivity contribution in [1.29, 1.82) is 0 Å². The summed E-state index contributed by atoms with van der Waals surface area (Å²) in [5, 5.41) is 3.34. The van der Waals surface area contributed by atoms with Crippen molar-refractivity contribution in [2.24, 2.45) is 11.8 Å². The molecule has 0 heterocycles. The maximum Gasteiger partial charge on any atom is 0.128 e. The first-order valence-electron chi connectivity index (χ1n) is 7.16. The largest absolute Gasteiger partial charge is 0.310 e. The van der Waals surface area contributed by atoms with Crippen molar-refractivity contribution in [3.05, 3.63) is 34.9 Å². The Labute approximate surface area is 114 Å². The van der Waals surface area contributed by atoms with Gasteiger partial charge in [0.15, 0.2) is 0 Å². The molecule has 1 aliphatic rings. The van der Waals surface area contributed by atoms with Gasteiger partial charge in [-0.1, -0.05) is 13.3 Å². The molecule has 1 aromatic carbocycles. The number of benzene rings is 1. The second kappa shape index (κ2) is 6.00. The molecule has 3 atom stereocenters. The van der Waals surface area contributed by atoms with Gasteiger partial charge in [-0.2, -0.15) is 0 Å². The van der Waals surface area contributed by atoms with Gasteiger partial charge in [0.05, 0.1) is 0 Å². The number of rotatable bonds is 4. The van der Waals surface area contributed by atoms with Gasteiger partial charge in [0, 0.05) is 11.6 Å². The highest BCUT2D eigenvalue weighted by molar-refractivity contribution is 5.27. The average molecular weight is 267 g/mol. The molecule has 0 aliphatic heterocycles. The van der Waals surface area contributed by atoms with Crippen LogP contribution in [0.1, 0.15) is 50.3 Å². The Bertz CT molecular complexity index is 445. The predicted molar refractivity (Wildman–Crippen MR) is 74.0 cm³/mol. The van der Waals surface area contributed by atoms with Crippen molar-refractivity contribution < 1.29 is 8.78 Å². The number of aryl methyl sites for hydroxylation is 1. The van der Waals surface area contributed by atoms with E-state index in [4.69, 9.17) is 0 Å². The Morgan fingerprint density at radius 2 is 2.00 bits per heavy atom. The Kier molecular flexibility index (Phi) is 4.56. The summed E-state index contributed by atoms with van der Waals surface area (Å²) in [6.07, 6.45) is 3.77. The Morgan fingerprint density at radius 3 is 2.63 bits per heavy atom. The lowest BCUT2D eigenvalue weighted by molar-refractivity contribution is 0.431. The molecular weight excluding hydrogens is 244 g/mol. The molecule has 1 saturated carbocycles. The van der Waals surface area contributed by atoms with Gasteiger partial charge in [-0.05, 0) is 62.8 Å². The van der Waals surface area contributed by atoms with Gasteiger partial charge in [-0.25, -0.2) is 8.78 Å². The van der Waals surface area contributed by atoms with E-state index in [1.165, 1.54) is 31.4 Å². The minimum absolute atomic E-state index is 0.147. The lowest BCUT2D eigenvalue weighted by atomic mass is 10.0. The molecule has 19 heavy (non-hydrogen) atoms. The predicted octanol–water partition coefficient (Wildman–Crippen LogP) is 4.36. The van der Waals surface area contributed by atoms with Crippen molar-refractivity contribution in [1.82, 2.24) is 5.32 Å². The molecule has 0 radical (unpaired) electrons. The van der Waals surface area contributed by atoms with Gasteiger partial charge in [0.1, 0.15) is 11.6 Å². The van der Waals surface area contributed by atoms with Crippen LogP contribution in [-0.4, -0.2) is 6.54 Å². The highest BCUT2D eigenvalue weighted by atomic mass is 19.1. The van der Waals surface area contributed by atoms with Crippen LogP contribution in [0.5, 0.6) is 0 Å². The first-order valence-corrected chi connectivity index (χ1v) is 7.16. The summed E-state index contributed by atoms with van der Waals surface area (Å²) in [6.45, 7) is 6.64. The van der Waals surface area contributed by atoms with E-state index in [9.17, 15) is 8.78 Å². The minimum Gasteiger partial charge on any atom is -0.310 e. The monoisotopic (exact) mass is 267 g/mol. The zero-order valence-corrected chi connectivity index (χ0v) is 12.0. The summed E-state index contributed by atoms with van der Waals surface area (Å²) in [5.41, 5.74) is 0.784. The quantitative estimate of drug-likeness (QED) is 0.854. The maximum atomic E-state index is 13.8. The molecule has 2 rings (SSSR count). The molecule has 0 amide bonds. The zero-order chi connectivity index (χ0) is 14.0. The van der Waals surface area contributed by atoms with Crippen LogP contribution in [0.4, 0.5) is 8.78 Å². The normalized spacial score (nSPS) is 24.7. The standard InChI is InChI=1S/C16H23F2N/c1-10-4-5-13(6-10)9-19-12(3)14-8-15(17)11(2)7-16(14)18/h7-8,10,12-13,19H,4-6,9H2,1-3H3. The summed E-state index contributed by atoms with van der Waals surface area (Å²) in [7, 11) is 0. The summed E-state index contributed by atoms with van der Waals surface area (Å²) < 4.78 is 27.4. The zero-order valence-electron chi connectivity index (χ0n) is 12.0. The van der Waals surface area contributed by atoms with Gasteiger partial charge in [0.2, 0.25) is 0 Å². The van der Waals surface area contributed by atoms with Crippen LogP contribution in [0, 0.1) is 30.4 Å². The van der Waals surface area contributed by atoms with E-state index in [0.29, 0.717) is 17.0 Å². The highest BCUT2D eigenvalue weighted by Crippen LogP contribution is 2.30. The second-order valence-corrected chi connectivity index (χ2v) is 6.04. The number of nitrogens with one attached hydrogen (secondary N) is 1. The third kappa shape index (κ3) is 3.53. The van der Waals surface area contributed by atoms with Crippen LogP contribution < -0.4 is 5.32 Å². The van der Waals surface area contributed by atoms with Gasteiger partial charge in [-0.15, -0.1) is 0 Å². The van der Waals surface area contributed by atoms with Crippen LogP contribution in [0.2, 0.25) is 0 Å². The second-order valence-electron chi connectivity index (χ2n) is 6.04. The van der Waals surface area contributed by atoms with Crippen molar-refractivity contribution in [2.75, 3.05) is 6.54 Å². The Hall–Kier alpha value is -0.960. The SMILES string of the molecule is Cc1cc(F)c(C(C)NCC2CCC(C)C2)cc1F. The van der Waals surface area contributed by atoms with E-state index in [2.05, 4.69) is 12.2 Å². The maximum absolute atomic E-state index is 13.8. The van der Waals surface area contributed by atoms with E-state index in [1.54, 1.807) is 6.92 Å². The summed E-state index contributed by atoms with van der Waals surface area (Å²) in [4.78, 5) is 0. The van der Waals surface area contributed by atoms with E-state index < -0.39 is 0 Å². The highest BCUT2D eigenvalue weighted by Gasteiger charge is 2.22. The molecule has 0 saturated heterocycles. The van der Waals surface area contributed by atoms with Crippen LogP contribution in [0.25, 0.3) is 0 Å². The molecule has 3 unspecified atom stereocenters. The smallest absolute Gasteiger partial charge is 0.128 e. The average Bonchev–Trinajstić information content (AvgIpc) is 2.77. The molecule has 1 N–H and O–H groups in total. The third-order valence-electron chi connectivity index (χ3n) is 4.26. The molecule has 1 nitrogen and oxygen atoms in total. The summed E-state index contributed by atoms with van der Waals surface area (Å²) >= 11 is 0. The molecule has 0 bridgehead atoms. The van der Waals surface area contributed by atoms with Crippen LogP contribution >= 0.6 is 0 Å². The first kappa shape index (κ1) is 14.4. The fourth-order valence-electron chi connectivity index (χ4n) is 2.96. The van der Waals surface area contributed by atoms with E-state index >= 15 is 0 Å². The molecule has 1 fully saturated rings. The first-order chi connectivity index (χ1) is 8.97. The topological polar surface area (TPSA) is 12.0 Å². The van der Waals surface area contributed by atoms with Crippen molar-refractivity contribution in [3.8, 4) is 0 Å². The lowest BCUT2D eigenvalue weighted by Gasteiger charge is -2.18. The molecule has 0 aromatic heterocycles. The Balaban J connectivity index is 1.96. The molecule has 3 heteroatoms. The van der Waals surface area contributed by atoms with Crippen molar-refractivity contribution >= 4 is 0 Å². The molecule has 0 spiro atoms. The van der Waals surface area contributed by atoms with E-state index in [0.717, 1.165) is 12.5 Å². The Morgan fingerprint density at radius 1 is 1.26 bits per heavy atom. The van der Waals surface area contributed by atoms with E-state index in [1.807, 2.05) is 6.92 Å². The van der Waals surface area contributed by atoms with Crippen molar-refractivity contribution in [2.45, 2.75) is 46.1 Å². The molecule has 1 aromatic rings. The minimum atomic E-state index is -0.334. The van der Waals surface area contributed by atoms with Crippen LogP contribution in [0.15, 0.2) is 12.1 Å². The third-order valence-corrected chi connectivity index (χ3v) is 4.26. The van der Waals surface area contributed by atoms with Gasteiger partial charge < -0.3 is 5.32 Å². The van der Waals surface area contributed by atoms with Gasteiger partial charge >= 0.3 is 0 Å². The molecule has 1 aliphatic carbocycles. The van der Waals surface area contributed by atoms with Crippen molar-refractivity contribution in [3.63, 3.8) is 0 Å². The number of hydrogen-bond acceptors (Lipinski definition) is 1. The fraction of sp³-hybridized carbons (Fsp3) is 0.625. The molecule has 106 valence electrons. The summed E-state index contributed by atoms with van der Waals surface area (Å²) in [6, 6.07) is 2.45.